The molecule has 0 fully saturated rings. The molecule has 1 atom stereocenters. The fourth-order valence-electron chi connectivity index (χ4n) is 0.645. The standard InChI is InChI=1S/C10H12N2O2S/c1-3-10(11)8-9(2)6-4-5-7-15(12,13)14/h3,8-9H,1,11H2,2H3,(H2,12,13,14)/b10-8+. The molecule has 0 aromatic heterocycles. The first-order chi connectivity index (χ1) is 6.85. The zero-order valence-corrected chi connectivity index (χ0v) is 9.14. The third-order valence-electron chi connectivity index (χ3n) is 1.23. The average molecular weight is 224 g/mol. The van der Waals surface area contributed by atoms with E-state index >= 15 is 0 Å². The smallest absolute Gasteiger partial charge is 0.278 e. The fourth-order valence-corrected chi connectivity index (χ4v) is 0.838. The summed E-state index contributed by atoms with van der Waals surface area (Å²) in [6.07, 6.45) is 3.17. The SMILES string of the molecule is C=C/C(N)=C\C(C)C#CC#CS(N)(=O)=O. The van der Waals surface area contributed by atoms with Crippen LogP contribution in [0, 0.1) is 28.9 Å². The molecule has 1 unspecified atom stereocenters. The van der Waals surface area contributed by atoms with E-state index in [4.69, 9.17) is 5.73 Å². The number of nitrogens with two attached hydrogens (primary N) is 2. The van der Waals surface area contributed by atoms with Crippen LogP contribution in [0.2, 0.25) is 0 Å². The van der Waals surface area contributed by atoms with Crippen molar-refractivity contribution >= 4 is 10.0 Å². The van der Waals surface area contributed by atoms with Crippen LogP contribution in [0.1, 0.15) is 6.92 Å². The Kier molecular flexibility index (Phi) is 5.25. The molecular formula is C10H12N2O2S. The zero-order valence-electron chi connectivity index (χ0n) is 8.32. The summed E-state index contributed by atoms with van der Waals surface area (Å²) < 4.78 is 20.8. The van der Waals surface area contributed by atoms with Crippen LogP contribution in [0.4, 0.5) is 0 Å². The Balaban J connectivity index is 4.55. The molecule has 5 heteroatoms. The lowest BCUT2D eigenvalue weighted by Crippen LogP contribution is -2.07. The highest BCUT2D eigenvalue weighted by atomic mass is 32.2. The van der Waals surface area contributed by atoms with Gasteiger partial charge in [0.15, 0.2) is 0 Å². The molecule has 4 N–H and O–H groups in total. The second-order valence-electron chi connectivity index (χ2n) is 2.70. The third kappa shape index (κ3) is 8.63. The maximum absolute atomic E-state index is 10.4. The van der Waals surface area contributed by atoms with Crippen molar-refractivity contribution in [1.29, 1.82) is 0 Å². The summed E-state index contributed by atoms with van der Waals surface area (Å²) in [5.41, 5.74) is 5.98. The lowest BCUT2D eigenvalue weighted by molar-refractivity contribution is 0.608. The van der Waals surface area contributed by atoms with Crippen molar-refractivity contribution in [2.75, 3.05) is 0 Å². The normalized spacial score (nSPS) is 12.8. The van der Waals surface area contributed by atoms with E-state index in [2.05, 4.69) is 29.5 Å². The van der Waals surface area contributed by atoms with Gasteiger partial charge in [0, 0.05) is 17.5 Å². The van der Waals surface area contributed by atoms with Crippen molar-refractivity contribution in [1.82, 2.24) is 0 Å². The van der Waals surface area contributed by atoms with Gasteiger partial charge in [-0.15, -0.1) is 0 Å². The van der Waals surface area contributed by atoms with Crippen molar-refractivity contribution in [2.24, 2.45) is 16.8 Å². The quantitative estimate of drug-likeness (QED) is 0.507. The van der Waals surface area contributed by atoms with Gasteiger partial charge in [-0.2, -0.15) is 8.42 Å². The minimum Gasteiger partial charge on any atom is -0.399 e. The van der Waals surface area contributed by atoms with Gasteiger partial charge in [0.2, 0.25) is 0 Å². The van der Waals surface area contributed by atoms with Crippen molar-refractivity contribution in [3.63, 3.8) is 0 Å². The number of primary sulfonamides is 1. The molecule has 0 aromatic carbocycles. The first-order valence-electron chi connectivity index (χ1n) is 4.00. The second-order valence-corrected chi connectivity index (χ2v) is 4.00. The highest BCUT2D eigenvalue weighted by molar-refractivity contribution is 7.93. The second kappa shape index (κ2) is 5.92. The number of sulfonamides is 1. The molecule has 0 aliphatic rings. The van der Waals surface area contributed by atoms with Crippen LogP contribution >= 0.6 is 0 Å². The van der Waals surface area contributed by atoms with Crippen LogP contribution in [-0.2, 0) is 10.0 Å². The Morgan fingerprint density at radius 3 is 2.53 bits per heavy atom. The number of hydrogen-bond donors (Lipinski definition) is 2. The maximum Gasteiger partial charge on any atom is 0.278 e. The molecule has 0 rings (SSSR count). The Morgan fingerprint density at radius 1 is 1.47 bits per heavy atom. The Labute approximate surface area is 90.1 Å². The lowest BCUT2D eigenvalue weighted by atomic mass is 10.1. The van der Waals surface area contributed by atoms with Crippen LogP contribution in [0.3, 0.4) is 0 Å². The summed E-state index contributed by atoms with van der Waals surface area (Å²) in [5, 5.41) is 6.44. The topological polar surface area (TPSA) is 86.2 Å². The predicted molar refractivity (Wildman–Crippen MR) is 60.3 cm³/mol. The van der Waals surface area contributed by atoms with E-state index in [1.807, 2.05) is 0 Å². The van der Waals surface area contributed by atoms with Gasteiger partial charge >= 0.3 is 0 Å². The average Bonchev–Trinajstić information content (AvgIpc) is 2.11. The van der Waals surface area contributed by atoms with Gasteiger partial charge in [0.25, 0.3) is 10.0 Å². The minimum atomic E-state index is -3.77. The zero-order chi connectivity index (χ0) is 11.9. The summed E-state index contributed by atoms with van der Waals surface area (Å²) in [7, 11) is -3.77. The minimum absolute atomic E-state index is 0.127. The molecule has 0 aromatic rings. The van der Waals surface area contributed by atoms with E-state index in [9.17, 15) is 8.42 Å². The van der Waals surface area contributed by atoms with E-state index in [1.165, 1.54) is 6.08 Å². The molecular weight excluding hydrogens is 212 g/mol. The Bertz CT molecular complexity index is 481. The van der Waals surface area contributed by atoms with E-state index in [-0.39, 0.29) is 5.92 Å². The first kappa shape index (κ1) is 13.3. The molecule has 4 nitrogen and oxygen atoms in total. The summed E-state index contributed by atoms with van der Waals surface area (Å²) in [5.74, 6) is 7.04. The van der Waals surface area contributed by atoms with Gasteiger partial charge in [-0.3, -0.25) is 0 Å². The van der Waals surface area contributed by atoms with Gasteiger partial charge in [0.05, 0.1) is 5.25 Å². The summed E-state index contributed by atoms with van der Waals surface area (Å²) in [6, 6.07) is 0. The van der Waals surface area contributed by atoms with E-state index in [0.29, 0.717) is 5.70 Å². The Hall–Kier alpha value is -1.69. The largest absolute Gasteiger partial charge is 0.399 e. The van der Waals surface area contributed by atoms with Gasteiger partial charge in [-0.05, 0) is 25.0 Å². The first-order valence-corrected chi connectivity index (χ1v) is 5.54. The monoisotopic (exact) mass is 224 g/mol. The van der Waals surface area contributed by atoms with Gasteiger partial charge in [0.1, 0.15) is 0 Å². The number of rotatable bonds is 2. The molecule has 0 heterocycles. The van der Waals surface area contributed by atoms with Crippen LogP contribution in [0.5, 0.6) is 0 Å². The van der Waals surface area contributed by atoms with Crippen LogP contribution < -0.4 is 10.9 Å². The molecule has 0 saturated carbocycles. The summed E-state index contributed by atoms with van der Waals surface area (Å²) in [4.78, 5) is 0. The molecule has 80 valence electrons. The molecule has 0 amide bonds. The number of allylic oxidation sites excluding steroid dienone is 2. The van der Waals surface area contributed by atoms with Crippen molar-refractivity contribution in [2.45, 2.75) is 6.92 Å². The maximum atomic E-state index is 10.4. The molecule has 15 heavy (non-hydrogen) atoms. The van der Waals surface area contributed by atoms with E-state index < -0.39 is 10.0 Å². The summed E-state index contributed by atoms with van der Waals surface area (Å²) >= 11 is 0. The van der Waals surface area contributed by atoms with Gasteiger partial charge in [-0.1, -0.05) is 12.5 Å². The molecule has 0 aliphatic heterocycles. The van der Waals surface area contributed by atoms with E-state index in [1.54, 1.807) is 18.3 Å². The van der Waals surface area contributed by atoms with Crippen molar-refractivity contribution < 1.29 is 8.42 Å². The fraction of sp³-hybridized carbons (Fsp3) is 0.200. The van der Waals surface area contributed by atoms with Crippen molar-refractivity contribution in [3.8, 4) is 23.0 Å². The van der Waals surface area contributed by atoms with E-state index in [0.717, 1.165) is 0 Å². The lowest BCUT2D eigenvalue weighted by Gasteiger charge is -1.94. The third-order valence-corrected chi connectivity index (χ3v) is 1.62. The number of hydrogen-bond acceptors (Lipinski definition) is 3. The molecule has 0 radical (unpaired) electrons. The molecule has 0 bridgehead atoms. The molecule has 0 aliphatic carbocycles. The summed E-state index contributed by atoms with van der Waals surface area (Å²) in [6.45, 7) is 5.27. The molecule has 0 spiro atoms. The van der Waals surface area contributed by atoms with Crippen LogP contribution in [-0.4, -0.2) is 8.42 Å². The highest BCUT2D eigenvalue weighted by Crippen LogP contribution is 1.97. The van der Waals surface area contributed by atoms with Gasteiger partial charge in [-0.25, -0.2) is 5.14 Å². The van der Waals surface area contributed by atoms with Gasteiger partial charge < -0.3 is 5.73 Å². The Morgan fingerprint density at radius 2 is 2.07 bits per heavy atom. The van der Waals surface area contributed by atoms with Crippen LogP contribution in [0.15, 0.2) is 24.4 Å². The van der Waals surface area contributed by atoms with Crippen molar-refractivity contribution in [3.05, 3.63) is 24.4 Å². The molecule has 0 saturated heterocycles. The highest BCUT2D eigenvalue weighted by Gasteiger charge is 1.91. The predicted octanol–water partition coefficient (Wildman–Crippen LogP) is -0.0961. The van der Waals surface area contributed by atoms with Crippen LogP contribution in [0.25, 0.3) is 0 Å².